The Balaban J connectivity index is 1.52. The molecule has 11 heteroatoms. The number of nitrogens with zero attached hydrogens (tertiary/aromatic N) is 4. The lowest BCUT2D eigenvalue weighted by molar-refractivity contribution is -0.122. The predicted molar refractivity (Wildman–Crippen MR) is 135 cm³/mol. The molecule has 2 fully saturated rings. The van der Waals surface area contributed by atoms with Crippen LogP contribution >= 0.6 is 24.0 Å². The number of thioether (sulfide) groups is 1. The molecule has 2 aromatic rings. The van der Waals surface area contributed by atoms with Gasteiger partial charge in [-0.25, -0.2) is 0 Å². The standard InChI is InChI=1S/C24H22N4O5S2/c1-14-16(21(27-5-7-31-8-6-27)26(2)22(29)17(14)11-25)10-20-23(30)28(24(34)35-20)12-15-3-4-18-19(9-15)33-13-32-18/h3-4,9-10H,5-8,12-13H2,1-2H3/b20-10+. The van der Waals surface area contributed by atoms with Crippen LogP contribution in [0.5, 0.6) is 11.5 Å². The Morgan fingerprint density at radius 3 is 2.69 bits per heavy atom. The van der Waals surface area contributed by atoms with Crippen LogP contribution < -0.4 is 19.9 Å². The molecular weight excluding hydrogens is 488 g/mol. The number of amides is 1. The fourth-order valence-corrected chi connectivity index (χ4v) is 5.60. The van der Waals surface area contributed by atoms with E-state index in [-0.39, 0.29) is 23.8 Å². The van der Waals surface area contributed by atoms with Gasteiger partial charge in [-0.15, -0.1) is 0 Å². The van der Waals surface area contributed by atoms with Crippen LogP contribution in [-0.2, 0) is 23.1 Å². The second-order valence-corrected chi connectivity index (χ2v) is 9.94. The molecule has 180 valence electrons. The van der Waals surface area contributed by atoms with Gasteiger partial charge >= 0.3 is 0 Å². The van der Waals surface area contributed by atoms with Crippen LogP contribution in [0.1, 0.15) is 22.3 Å². The summed E-state index contributed by atoms with van der Waals surface area (Å²) in [7, 11) is 1.65. The quantitative estimate of drug-likeness (QED) is 0.454. The number of rotatable bonds is 4. The Morgan fingerprint density at radius 1 is 1.20 bits per heavy atom. The van der Waals surface area contributed by atoms with E-state index in [9.17, 15) is 14.9 Å². The first kappa shape index (κ1) is 23.4. The molecule has 0 aliphatic carbocycles. The molecule has 35 heavy (non-hydrogen) atoms. The van der Waals surface area contributed by atoms with E-state index in [0.29, 0.717) is 70.5 Å². The molecule has 0 unspecified atom stereocenters. The predicted octanol–water partition coefficient (Wildman–Crippen LogP) is 2.53. The summed E-state index contributed by atoms with van der Waals surface area (Å²) < 4.78 is 18.2. The molecule has 1 aromatic carbocycles. The van der Waals surface area contributed by atoms with E-state index in [1.807, 2.05) is 24.3 Å². The number of nitriles is 1. The van der Waals surface area contributed by atoms with Gasteiger partial charge in [-0.2, -0.15) is 5.26 Å². The lowest BCUT2D eigenvalue weighted by Gasteiger charge is -2.32. The molecule has 0 saturated carbocycles. The summed E-state index contributed by atoms with van der Waals surface area (Å²) in [4.78, 5) is 30.3. The third kappa shape index (κ3) is 4.18. The van der Waals surface area contributed by atoms with Crippen molar-refractivity contribution in [3.63, 3.8) is 0 Å². The van der Waals surface area contributed by atoms with Gasteiger partial charge in [-0.1, -0.05) is 30.0 Å². The van der Waals surface area contributed by atoms with Gasteiger partial charge in [0.25, 0.3) is 11.5 Å². The summed E-state index contributed by atoms with van der Waals surface area (Å²) in [6.07, 6.45) is 1.75. The first-order valence-electron chi connectivity index (χ1n) is 11.0. The highest BCUT2D eigenvalue weighted by Gasteiger charge is 2.33. The summed E-state index contributed by atoms with van der Waals surface area (Å²) in [6, 6.07) is 7.56. The summed E-state index contributed by atoms with van der Waals surface area (Å²) in [5.41, 5.74) is 1.77. The SMILES string of the molecule is Cc1c(/C=C2/SC(=S)N(Cc3ccc4c(c3)OCO4)C2=O)c(N2CCOCC2)n(C)c(=O)c1C#N. The van der Waals surface area contributed by atoms with Gasteiger partial charge in [-0.05, 0) is 36.3 Å². The molecule has 5 rings (SSSR count). The van der Waals surface area contributed by atoms with Crippen molar-refractivity contribution in [1.29, 1.82) is 5.26 Å². The molecule has 1 amide bonds. The molecular formula is C24H22N4O5S2. The summed E-state index contributed by atoms with van der Waals surface area (Å²) >= 11 is 6.74. The zero-order valence-corrected chi connectivity index (χ0v) is 20.8. The van der Waals surface area contributed by atoms with E-state index < -0.39 is 0 Å². The first-order valence-corrected chi connectivity index (χ1v) is 12.2. The fraction of sp³-hybridized carbons (Fsp3) is 0.333. The van der Waals surface area contributed by atoms with Crippen molar-refractivity contribution in [3.05, 3.63) is 55.7 Å². The highest BCUT2D eigenvalue weighted by Crippen LogP contribution is 2.38. The minimum Gasteiger partial charge on any atom is -0.454 e. The third-order valence-electron chi connectivity index (χ3n) is 6.21. The molecule has 0 radical (unpaired) electrons. The molecule has 0 N–H and O–H groups in total. The molecule has 1 aromatic heterocycles. The lowest BCUT2D eigenvalue weighted by atomic mass is 10.0. The minimum absolute atomic E-state index is 0.0617. The van der Waals surface area contributed by atoms with Crippen LogP contribution in [0.3, 0.4) is 0 Å². The number of pyridine rings is 1. The molecule has 0 bridgehead atoms. The van der Waals surface area contributed by atoms with Crippen LogP contribution in [-0.4, -0.2) is 52.8 Å². The van der Waals surface area contributed by atoms with Crippen LogP contribution in [0.15, 0.2) is 27.9 Å². The van der Waals surface area contributed by atoms with Crippen molar-refractivity contribution in [1.82, 2.24) is 9.47 Å². The van der Waals surface area contributed by atoms with Gasteiger partial charge in [0.1, 0.15) is 21.8 Å². The Bertz CT molecular complexity index is 1370. The van der Waals surface area contributed by atoms with Crippen LogP contribution in [0.4, 0.5) is 5.82 Å². The molecule has 2 saturated heterocycles. The maximum absolute atomic E-state index is 13.4. The second kappa shape index (κ2) is 9.37. The number of carbonyl (C=O) groups excluding carboxylic acids is 1. The van der Waals surface area contributed by atoms with Gasteiger partial charge < -0.3 is 19.1 Å². The summed E-state index contributed by atoms with van der Waals surface area (Å²) in [6.45, 7) is 4.48. The van der Waals surface area contributed by atoms with Crippen molar-refractivity contribution >= 4 is 46.1 Å². The van der Waals surface area contributed by atoms with E-state index >= 15 is 0 Å². The number of carbonyl (C=O) groups is 1. The van der Waals surface area contributed by atoms with Crippen molar-refractivity contribution in [3.8, 4) is 17.6 Å². The van der Waals surface area contributed by atoms with Crippen LogP contribution in [0, 0.1) is 18.3 Å². The third-order valence-corrected chi connectivity index (χ3v) is 7.58. The second-order valence-electron chi connectivity index (χ2n) is 8.27. The van der Waals surface area contributed by atoms with Crippen molar-refractivity contribution in [2.45, 2.75) is 13.5 Å². The minimum atomic E-state index is -0.362. The van der Waals surface area contributed by atoms with E-state index in [4.69, 9.17) is 26.4 Å². The van der Waals surface area contributed by atoms with Crippen molar-refractivity contribution in [2.24, 2.45) is 7.05 Å². The molecule has 0 atom stereocenters. The van der Waals surface area contributed by atoms with Crippen LogP contribution in [0.2, 0.25) is 0 Å². The van der Waals surface area contributed by atoms with Crippen LogP contribution in [0.25, 0.3) is 6.08 Å². The zero-order chi connectivity index (χ0) is 24.7. The number of hydrogen-bond donors (Lipinski definition) is 0. The Kier molecular flexibility index (Phi) is 6.27. The maximum atomic E-state index is 13.4. The molecule has 3 aliphatic rings. The fourth-order valence-electron chi connectivity index (χ4n) is 4.36. The van der Waals surface area contributed by atoms with Gasteiger partial charge in [0.2, 0.25) is 6.79 Å². The largest absolute Gasteiger partial charge is 0.454 e. The molecule has 0 spiro atoms. The summed E-state index contributed by atoms with van der Waals surface area (Å²) in [5.74, 6) is 1.75. The van der Waals surface area contributed by atoms with Gasteiger partial charge in [0.05, 0.1) is 24.7 Å². The first-order chi connectivity index (χ1) is 16.9. The normalized spacial score (nSPS) is 18.5. The Morgan fingerprint density at radius 2 is 1.94 bits per heavy atom. The number of benzene rings is 1. The van der Waals surface area contributed by atoms with E-state index in [1.165, 1.54) is 16.3 Å². The Labute approximate surface area is 211 Å². The van der Waals surface area contributed by atoms with Crippen molar-refractivity contribution in [2.75, 3.05) is 38.0 Å². The zero-order valence-electron chi connectivity index (χ0n) is 19.2. The monoisotopic (exact) mass is 510 g/mol. The average Bonchev–Trinajstić information content (AvgIpc) is 3.43. The van der Waals surface area contributed by atoms with Gasteiger partial charge in [0, 0.05) is 25.7 Å². The smallest absolute Gasteiger partial charge is 0.270 e. The van der Waals surface area contributed by atoms with E-state index in [1.54, 1.807) is 24.9 Å². The molecule has 4 heterocycles. The number of hydrogen-bond acceptors (Lipinski definition) is 9. The number of ether oxygens (including phenoxy) is 3. The van der Waals surface area contributed by atoms with Gasteiger partial charge in [0.15, 0.2) is 11.5 Å². The van der Waals surface area contributed by atoms with Gasteiger partial charge in [-0.3, -0.25) is 19.1 Å². The summed E-state index contributed by atoms with van der Waals surface area (Å²) in [5, 5.41) is 9.64. The van der Waals surface area contributed by atoms with E-state index in [0.717, 1.165) is 5.56 Å². The Hall–Kier alpha value is -3.33. The number of thiocarbonyl (C=S) groups is 1. The number of fused-ring (bicyclic) bond motifs is 1. The number of aromatic nitrogens is 1. The van der Waals surface area contributed by atoms with E-state index in [2.05, 4.69) is 4.90 Å². The average molecular weight is 511 g/mol. The molecule has 3 aliphatic heterocycles. The molecule has 9 nitrogen and oxygen atoms in total. The topological polar surface area (TPSA) is 97.0 Å². The highest BCUT2D eigenvalue weighted by molar-refractivity contribution is 8.26. The number of anilines is 1. The highest BCUT2D eigenvalue weighted by atomic mass is 32.2. The van der Waals surface area contributed by atoms with Crippen molar-refractivity contribution < 1.29 is 19.0 Å². The maximum Gasteiger partial charge on any atom is 0.270 e. The number of morpholine rings is 1. The lowest BCUT2D eigenvalue weighted by Crippen LogP contribution is -2.40.